The lowest BCUT2D eigenvalue weighted by molar-refractivity contribution is 0.0582. The summed E-state index contributed by atoms with van der Waals surface area (Å²) in [6, 6.07) is 13.4. The van der Waals surface area contributed by atoms with Gasteiger partial charge in [0.1, 0.15) is 22.7 Å². The zero-order valence-electron chi connectivity index (χ0n) is 30.0. The van der Waals surface area contributed by atoms with E-state index in [2.05, 4.69) is 52.6 Å². The largest absolute Gasteiger partial charge is 0.448 e. The molecule has 16 heteroatoms. The second kappa shape index (κ2) is 13.1. The van der Waals surface area contributed by atoms with Crippen molar-refractivity contribution in [1.82, 2.24) is 54.2 Å². The molecule has 0 spiro atoms. The van der Waals surface area contributed by atoms with Gasteiger partial charge in [-0.3, -0.25) is 9.59 Å². The van der Waals surface area contributed by atoms with Crippen LogP contribution < -0.4 is 5.32 Å². The Bertz CT molecular complexity index is 2730. The highest BCUT2D eigenvalue weighted by molar-refractivity contribution is 7.07. The third kappa shape index (κ3) is 6.13. The molecule has 8 heterocycles. The van der Waals surface area contributed by atoms with Crippen molar-refractivity contribution in [3.63, 3.8) is 0 Å². The number of thiophene rings is 1. The molecule has 0 atom stereocenters. The fourth-order valence-corrected chi connectivity index (χ4v) is 7.89. The number of nitrogens with one attached hydrogen (secondary N) is 1. The smallest absolute Gasteiger partial charge is 0.261 e. The van der Waals surface area contributed by atoms with Gasteiger partial charge >= 0.3 is 0 Å². The predicted octanol–water partition coefficient (Wildman–Crippen LogP) is 5.86. The number of likely N-dealkylation sites (tertiary alicyclic amines) is 1. The number of benzene rings is 1. The van der Waals surface area contributed by atoms with Crippen LogP contribution in [-0.2, 0) is 13.1 Å². The molecule has 7 aromatic heterocycles. The Balaban J connectivity index is 0.796. The average Bonchev–Trinajstić information content (AvgIpc) is 3.70. The Morgan fingerprint density at radius 1 is 0.945 bits per heavy atom. The molecule has 0 radical (unpaired) electrons. The molecule has 1 saturated carbocycles. The number of nitrogens with zero attached hydrogens (tertiary/aromatic N) is 11. The van der Waals surface area contributed by atoms with Crippen LogP contribution in [0.3, 0.4) is 0 Å². The monoisotopic (exact) mass is 750 g/mol. The molecule has 1 aliphatic heterocycles. The van der Waals surface area contributed by atoms with Gasteiger partial charge in [-0.2, -0.15) is 21.5 Å². The molecule has 15 nitrogen and oxygen atoms in total. The molecule has 2 fully saturated rings. The van der Waals surface area contributed by atoms with E-state index in [1.807, 2.05) is 66.0 Å². The van der Waals surface area contributed by atoms with Crippen LogP contribution >= 0.6 is 11.3 Å². The number of carbonyl (C=O) groups is 2. The van der Waals surface area contributed by atoms with Crippen molar-refractivity contribution in [1.29, 1.82) is 0 Å². The van der Waals surface area contributed by atoms with Gasteiger partial charge in [0.2, 0.25) is 0 Å². The second-order valence-corrected chi connectivity index (χ2v) is 15.1. The standard InChI is InChI=1S/C39H34N12O3S/c1-22-11-23(2)51-37(43-22)31(14-42-51)38(52)44-28-7-5-26(6-8-28)33-18-49(47-46-33)19-34-35(54-21-40-34)27-16-48(17-27)39(53)29-12-32(25-3-4-25)45-36-30(29)13-41-50(36)15-24-9-10-55-20-24/h5-14,18,20-21,25,27H,3-4,15-17,19H2,1-2H3,(H,44,52). The third-order valence-corrected chi connectivity index (χ3v) is 11.0. The minimum absolute atomic E-state index is 0.0123. The molecular formula is C39H34N12O3S. The fourth-order valence-electron chi connectivity index (χ4n) is 7.23. The van der Waals surface area contributed by atoms with Gasteiger partial charge in [0.15, 0.2) is 17.7 Å². The van der Waals surface area contributed by atoms with E-state index in [9.17, 15) is 9.59 Å². The van der Waals surface area contributed by atoms with Crippen LogP contribution in [0.5, 0.6) is 0 Å². The average molecular weight is 751 g/mol. The summed E-state index contributed by atoms with van der Waals surface area (Å²) in [4.78, 5) is 42.9. The molecule has 0 unspecified atom stereocenters. The van der Waals surface area contributed by atoms with Crippen LogP contribution in [0.25, 0.3) is 27.9 Å². The van der Waals surface area contributed by atoms with E-state index in [1.54, 1.807) is 26.7 Å². The van der Waals surface area contributed by atoms with Gasteiger partial charge in [-0.15, -0.1) is 5.10 Å². The SMILES string of the molecule is Cc1cc(C)n2ncc(C(=O)Nc3ccc(-c4cn(Cc5ncoc5C5CN(C(=O)c6cc(C7CC7)nc7c6cnn7Cc6ccsc6)C5)nn4)cc3)c2n1. The van der Waals surface area contributed by atoms with Gasteiger partial charge in [-0.1, -0.05) is 17.3 Å². The lowest BCUT2D eigenvalue weighted by Crippen LogP contribution is -2.48. The molecule has 1 aliphatic carbocycles. The number of fused-ring (bicyclic) bond motifs is 2. The Labute approximate surface area is 317 Å². The highest BCUT2D eigenvalue weighted by Crippen LogP contribution is 2.41. The summed E-state index contributed by atoms with van der Waals surface area (Å²) in [6.07, 6.45) is 8.78. The lowest BCUT2D eigenvalue weighted by Gasteiger charge is -2.38. The molecule has 8 aromatic rings. The van der Waals surface area contributed by atoms with Gasteiger partial charge in [0.05, 0.1) is 48.5 Å². The first-order valence-electron chi connectivity index (χ1n) is 18.1. The van der Waals surface area contributed by atoms with E-state index in [1.165, 1.54) is 12.6 Å². The first kappa shape index (κ1) is 33.1. The van der Waals surface area contributed by atoms with E-state index in [-0.39, 0.29) is 17.7 Å². The van der Waals surface area contributed by atoms with Crippen molar-refractivity contribution in [2.75, 3.05) is 18.4 Å². The van der Waals surface area contributed by atoms with Crippen molar-refractivity contribution in [2.24, 2.45) is 0 Å². The number of carbonyl (C=O) groups excluding carboxylic acids is 2. The quantitative estimate of drug-likeness (QED) is 0.179. The van der Waals surface area contributed by atoms with Crippen LogP contribution in [0.1, 0.15) is 79.5 Å². The fraction of sp³-hybridized carbons (Fsp3) is 0.256. The molecule has 2 amide bonds. The summed E-state index contributed by atoms with van der Waals surface area (Å²) in [7, 11) is 0. The van der Waals surface area contributed by atoms with Crippen LogP contribution in [0.4, 0.5) is 5.69 Å². The third-order valence-electron chi connectivity index (χ3n) is 10.3. The topological polar surface area (TPSA) is 167 Å². The van der Waals surface area contributed by atoms with Gasteiger partial charge in [-0.05, 0) is 73.3 Å². The highest BCUT2D eigenvalue weighted by atomic mass is 32.1. The van der Waals surface area contributed by atoms with Gasteiger partial charge in [0.25, 0.3) is 11.8 Å². The number of anilines is 1. The number of hydrogen-bond donors (Lipinski definition) is 1. The normalized spacial score (nSPS) is 14.5. The summed E-state index contributed by atoms with van der Waals surface area (Å²) < 4.78 is 11.2. The molecule has 1 aromatic carbocycles. The zero-order chi connectivity index (χ0) is 37.2. The molecule has 274 valence electrons. The number of aromatic nitrogens is 10. The molecule has 1 saturated heterocycles. The Morgan fingerprint density at radius 2 is 1.80 bits per heavy atom. The first-order valence-corrected chi connectivity index (χ1v) is 19.0. The summed E-state index contributed by atoms with van der Waals surface area (Å²) in [5.74, 6) is 0.843. The molecular weight excluding hydrogens is 717 g/mol. The predicted molar refractivity (Wildman–Crippen MR) is 203 cm³/mol. The van der Waals surface area contributed by atoms with E-state index in [0.29, 0.717) is 60.3 Å². The van der Waals surface area contributed by atoms with Crippen LogP contribution in [0.15, 0.2) is 82.6 Å². The first-order chi connectivity index (χ1) is 26.8. The number of pyridine rings is 1. The van der Waals surface area contributed by atoms with E-state index in [0.717, 1.165) is 63.5 Å². The molecule has 10 rings (SSSR count). The Kier molecular flexibility index (Phi) is 7.86. The zero-order valence-corrected chi connectivity index (χ0v) is 30.8. The minimum Gasteiger partial charge on any atom is -0.448 e. The second-order valence-electron chi connectivity index (χ2n) is 14.3. The van der Waals surface area contributed by atoms with Crippen LogP contribution in [-0.4, -0.2) is 79.1 Å². The van der Waals surface area contributed by atoms with Gasteiger partial charge in [-0.25, -0.2) is 28.8 Å². The van der Waals surface area contributed by atoms with Crippen LogP contribution in [0, 0.1) is 13.8 Å². The minimum atomic E-state index is -0.289. The molecule has 2 aliphatic rings. The molecule has 1 N–H and O–H groups in total. The number of oxazole rings is 1. The van der Waals surface area contributed by atoms with Crippen molar-refractivity contribution in [3.05, 3.63) is 123 Å². The van der Waals surface area contributed by atoms with E-state index < -0.39 is 0 Å². The van der Waals surface area contributed by atoms with E-state index in [4.69, 9.17) is 9.40 Å². The highest BCUT2D eigenvalue weighted by Gasteiger charge is 2.38. The van der Waals surface area contributed by atoms with E-state index >= 15 is 0 Å². The summed E-state index contributed by atoms with van der Waals surface area (Å²) >= 11 is 1.65. The summed E-state index contributed by atoms with van der Waals surface area (Å²) in [6.45, 7) is 5.84. The van der Waals surface area contributed by atoms with Crippen LogP contribution in [0.2, 0.25) is 0 Å². The summed E-state index contributed by atoms with van der Waals surface area (Å²) in [5, 5.41) is 25.6. The van der Waals surface area contributed by atoms with Gasteiger partial charge in [0, 0.05) is 47.3 Å². The number of rotatable bonds is 10. The maximum atomic E-state index is 14.0. The van der Waals surface area contributed by atoms with Crippen molar-refractivity contribution < 1.29 is 14.0 Å². The summed E-state index contributed by atoms with van der Waals surface area (Å²) in [5.41, 5.74) is 9.07. The molecule has 0 bridgehead atoms. The van der Waals surface area contributed by atoms with Crippen molar-refractivity contribution in [3.8, 4) is 11.3 Å². The Morgan fingerprint density at radius 3 is 2.60 bits per heavy atom. The maximum absolute atomic E-state index is 14.0. The molecule has 55 heavy (non-hydrogen) atoms. The van der Waals surface area contributed by atoms with Crippen molar-refractivity contribution >= 4 is 45.5 Å². The number of amides is 2. The Hall–Kier alpha value is -6.55. The lowest BCUT2D eigenvalue weighted by atomic mass is 9.94. The van der Waals surface area contributed by atoms with Crippen molar-refractivity contribution in [2.45, 2.75) is 51.6 Å². The number of aryl methyl sites for hydroxylation is 2. The van der Waals surface area contributed by atoms with Gasteiger partial charge < -0.3 is 14.6 Å². The number of hydrogen-bond acceptors (Lipinski definition) is 11. The maximum Gasteiger partial charge on any atom is 0.261 e.